The Kier molecular flexibility index (Phi) is 7.56. The molecule has 0 fully saturated rings. The second-order valence-corrected chi connectivity index (χ2v) is 10.9. The van der Waals surface area contributed by atoms with Gasteiger partial charge in [0.25, 0.3) is 0 Å². The Balaban J connectivity index is 1.52. The zero-order valence-corrected chi connectivity index (χ0v) is 23.8. The first kappa shape index (κ1) is 26.4. The largest absolute Gasteiger partial charge is 0.497 e. The second-order valence-electron chi connectivity index (χ2n) is 10.5. The predicted molar refractivity (Wildman–Crippen MR) is 157 cm³/mol. The van der Waals surface area contributed by atoms with Gasteiger partial charge < -0.3 is 14.2 Å². The quantitative estimate of drug-likeness (QED) is 0.193. The first-order chi connectivity index (χ1) is 18.3. The van der Waals surface area contributed by atoms with E-state index in [1.165, 1.54) is 27.6 Å². The van der Waals surface area contributed by atoms with E-state index in [0.29, 0.717) is 29.5 Å². The maximum Gasteiger partial charge on any atom is 0.138 e. The summed E-state index contributed by atoms with van der Waals surface area (Å²) in [5, 5.41) is 2.98. The van der Waals surface area contributed by atoms with E-state index in [0.717, 1.165) is 29.0 Å². The van der Waals surface area contributed by atoms with Crippen LogP contribution in [0.2, 0.25) is 5.02 Å². The molecule has 0 aromatic heterocycles. The van der Waals surface area contributed by atoms with E-state index in [4.69, 9.17) is 25.8 Å². The van der Waals surface area contributed by atoms with E-state index < -0.39 is 0 Å². The highest BCUT2D eigenvalue weighted by atomic mass is 35.5. The smallest absolute Gasteiger partial charge is 0.138 e. The molecule has 0 heterocycles. The molecule has 0 saturated heterocycles. The summed E-state index contributed by atoms with van der Waals surface area (Å²) >= 11 is 6.65. The van der Waals surface area contributed by atoms with Crippen LogP contribution in [-0.4, -0.2) is 44.4 Å². The number of halogens is 1. The lowest BCUT2D eigenvalue weighted by Crippen LogP contribution is -2.39. The maximum atomic E-state index is 6.65. The van der Waals surface area contributed by atoms with Crippen LogP contribution in [0.25, 0.3) is 21.9 Å². The van der Waals surface area contributed by atoms with Gasteiger partial charge in [-0.05, 0) is 103 Å². The number of rotatable bonds is 9. The molecule has 4 nitrogen and oxygen atoms in total. The Labute approximate surface area is 231 Å². The van der Waals surface area contributed by atoms with Crippen molar-refractivity contribution in [2.24, 2.45) is 0 Å². The van der Waals surface area contributed by atoms with Gasteiger partial charge in [0.05, 0.1) is 19.2 Å². The lowest BCUT2D eigenvalue weighted by Gasteiger charge is -2.30. The van der Waals surface area contributed by atoms with Crippen LogP contribution in [-0.2, 0) is 0 Å². The third-order valence-electron chi connectivity index (χ3n) is 7.64. The van der Waals surface area contributed by atoms with E-state index in [-0.39, 0.29) is 5.92 Å². The zero-order valence-electron chi connectivity index (χ0n) is 23.0. The number of methoxy groups -OCH3 is 2. The van der Waals surface area contributed by atoms with Crippen LogP contribution in [0.3, 0.4) is 0 Å². The van der Waals surface area contributed by atoms with Crippen molar-refractivity contribution in [3.63, 3.8) is 0 Å². The van der Waals surface area contributed by atoms with Crippen molar-refractivity contribution in [2.45, 2.75) is 45.7 Å². The van der Waals surface area contributed by atoms with Crippen LogP contribution >= 0.6 is 11.6 Å². The summed E-state index contributed by atoms with van der Waals surface area (Å²) in [6, 6.07) is 24.3. The van der Waals surface area contributed by atoms with Gasteiger partial charge in [0.15, 0.2) is 0 Å². The molecule has 0 bridgehead atoms. The van der Waals surface area contributed by atoms with E-state index >= 15 is 0 Å². The molecule has 5 heteroatoms. The van der Waals surface area contributed by atoms with Crippen LogP contribution in [0.4, 0.5) is 0 Å². The Bertz CT molecular complexity index is 1440. The molecule has 0 N–H and O–H groups in total. The number of ether oxygens (including phenoxy) is 3. The minimum absolute atomic E-state index is 0.0481. The maximum absolute atomic E-state index is 6.65. The van der Waals surface area contributed by atoms with E-state index in [9.17, 15) is 0 Å². The Morgan fingerprint density at radius 3 is 2.16 bits per heavy atom. The summed E-state index contributed by atoms with van der Waals surface area (Å²) in [7, 11) is 3.36. The van der Waals surface area contributed by atoms with Crippen LogP contribution in [0.15, 0.2) is 66.7 Å². The van der Waals surface area contributed by atoms with Gasteiger partial charge in [-0.1, -0.05) is 41.9 Å². The highest BCUT2D eigenvalue weighted by molar-refractivity contribution is 6.32. The highest BCUT2D eigenvalue weighted by Crippen LogP contribution is 2.53. The Morgan fingerprint density at radius 2 is 1.50 bits per heavy atom. The van der Waals surface area contributed by atoms with Crippen LogP contribution < -0.4 is 14.2 Å². The van der Waals surface area contributed by atoms with Crippen molar-refractivity contribution in [3.8, 4) is 28.4 Å². The first-order valence-corrected chi connectivity index (χ1v) is 13.7. The molecule has 0 aliphatic heterocycles. The molecule has 38 heavy (non-hydrogen) atoms. The van der Waals surface area contributed by atoms with Gasteiger partial charge in [-0.3, -0.25) is 4.90 Å². The van der Waals surface area contributed by atoms with E-state index in [2.05, 4.69) is 93.3 Å². The van der Waals surface area contributed by atoms with Gasteiger partial charge in [-0.25, -0.2) is 0 Å². The molecule has 0 radical (unpaired) electrons. The first-order valence-electron chi connectivity index (χ1n) is 13.3. The van der Waals surface area contributed by atoms with E-state index in [1.54, 1.807) is 14.2 Å². The van der Waals surface area contributed by atoms with Crippen molar-refractivity contribution < 1.29 is 14.2 Å². The van der Waals surface area contributed by atoms with E-state index in [1.807, 2.05) is 6.07 Å². The summed E-state index contributed by atoms with van der Waals surface area (Å²) < 4.78 is 17.2. The Morgan fingerprint density at radius 1 is 0.789 bits per heavy atom. The van der Waals surface area contributed by atoms with Crippen molar-refractivity contribution in [1.29, 1.82) is 0 Å². The van der Waals surface area contributed by atoms with Gasteiger partial charge >= 0.3 is 0 Å². The fourth-order valence-corrected chi connectivity index (χ4v) is 6.09. The Hall–Kier alpha value is -3.21. The number of fused-ring (bicyclic) bond motifs is 5. The number of hydrogen-bond donors (Lipinski definition) is 0. The molecule has 4 aromatic carbocycles. The summed E-state index contributed by atoms with van der Waals surface area (Å²) in [5.74, 6) is 2.47. The van der Waals surface area contributed by atoms with Crippen molar-refractivity contribution in [3.05, 3.63) is 88.4 Å². The number of benzene rings is 4. The molecule has 4 aromatic rings. The fraction of sp³-hybridized carbons (Fsp3) is 0.333. The SMILES string of the molecule is COc1ccc2c3c(ccc2c1)-c1cc(OC)c(Cl)cc1C3c1ccc(OCCN(C(C)C)C(C)C)cc1. The lowest BCUT2D eigenvalue weighted by molar-refractivity contribution is 0.142. The van der Waals surface area contributed by atoms with Gasteiger partial charge in [0, 0.05) is 24.5 Å². The van der Waals surface area contributed by atoms with Crippen LogP contribution in [0.1, 0.15) is 50.3 Å². The summed E-state index contributed by atoms with van der Waals surface area (Å²) in [6.07, 6.45) is 0. The minimum atomic E-state index is 0.0481. The van der Waals surface area contributed by atoms with Gasteiger partial charge in [0.2, 0.25) is 0 Å². The van der Waals surface area contributed by atoms with Crippen LogP contribution in [0.5, 0.6) is 17.2 Å². The molecule has 1 aliphatic carbocycles. The van der Waals surface area contributed by atoms with Gasteiger partial charge in [-0.2, -0.15) is 0 Å². The summed E-state index contributed by atoms with van der Waals surface area (Å²) in [6.45, 7) is 10.5. The summed E-state index contributed by atoms with van der Waals surface area (Å²) in [5.41, 5.74) is 6.04. The normalized spacial score (nSPS) is 14.3. The topological polar surface area (TPSA) is 30.9 Å². The molecule has 5 rings (SSSR count). The zero-order chi connectivity index (χ0) is 27.0. The average molecular weight is 530 g/mol. The monoisotopic (exact) mass is 529 g/mol. The second kappa shape index (κ2) is 10.9. The molecular weight excluding hydrogens is 494 g/mol. The average Bonchev–Trinajstić information content (AvgIpc) is 3.23. The lowest BCUT2D eigenvalue weighted by atomic mass is 9.86. The third kappa shape index (κ3) is 4.83. The number of hydrogen-bond acceptors (Lipinski definition) is 4. The molecular formula is C33H36ClNO3. The molecule has 0 saturated carbocycles. The van der Waals surface area contributed by atoms with Crippen molar-refractivity contribution in [2.75, 3.05) is 27.4 Å². The highest BCUT2D eigenvalue weighted by Gasteiger charge is 2.33. The molecule has 0 spiro atoms. The fourth-order valence-electron chi connectivity index (χ4n) is 5.84. The van der Waals surface area contributed by atoms with Gasteiger partial charge in [0.1, 0.15) is 23.9 Å². The molecule has 1 atom stereocenters. The third-order valence-corrected chi connectivity index (χ3v) is 7.94. The van der Waals surface area contributed by atoms with Gasteiger partial charge in [-0.15, -0.1) is 0 Å². The molecule has 1 unspecified atom stereocenters. The van der Waals surface area contributed by atoms with Crippen LogP contribution in [0, 0.1) is 0 Å². The molecule has 0 amide bonds. The van der Waals surface area contributed by atoms with Crippen molar-refractivity contribution in [1.82, 2.24) is 4.90 Å². The minimum Gasteiger partial charge on any atom is -0.497 e. The summed E-state index contributed by atoms with van der Waals surface area (Å²) in [4.78, 5) is 2.44. The standard InChI is InChI=1S/C33H36ClNO3/c1-20(2)35(21(3)4)15-16-38-24-10-7-22(8-11-24)32-29-18-30(34)31(37-6)19-28(29)27-13-9-23-17-25(36-5)12-14-26(23)33(27)32/h7-14,17-21,32H,15-16H2,1-6H3. The predicted octanol–water partition coefficient (Wildman–Crippen LogP) is 8.17. The molecule has 1 aliphatic rings. The molecule has 198 valence electrons. The number of nitrogens with zero attached hydrogens (tertiary/aromatic N) is 1. The van der Waals surface area contributed by atoms with Crippen molar-refractivity contribution >= 4 is 22.4 Å².